The Hall–Kier alpha value is -0.780. The fourth-order valence-electron chi connectivity index (χ4n) is 1.40. The number of amides is 1. The van der Waals surface area contributed by atoms with E-state index in [9.17, 15) is 9.59 Å². The number of nitrogens with one attached hydrogen (secondary N) is 1. The molecule has 0 radical (unpaired) electrons. The molecule has 0 unspecified atom stereocenters. The molecule has 0 aliphatic carbocycles. The lowest BCUT2D eigenvalue weighted by atomic mass is 10.1. The molecule has 0 aliphatic rings. The highest BCUT2D eigenvalue weighted by molar-refractivity contribution is 7.16. The second-order valence-electron chi connectivity index (χ2n) is 4.23. The molecule has 106 valence electrons. The van der Waals surface area contributed by atoms with E-state index in [0.717, 1.165) is 10.4 Å². The number of aryl methyl sites for hydroxylation is 1. The lowest BCUT2D eigenvalue weighted by Crippen LogP contribution is -2.20. The number of rotatable bonds is 4. The molecule has 7 heteroatoms. The Bertz CT molecular complexity index is 497. The Morgan fingerprint density at radius 1 is 1.26 bits per heavy atom. The summed E-state index contributed by atoms with van der Waals surface area (Å²) in [5, 5.41) is 2.95. The van der Waals surface area contributed by atoms with Gasteiger partial charge < -0.3 is 10.1 Å². The maximum absolute atomic E-state index is 12.0. The number of carbonyl (C=O) groups excluding carboxylic acids is 2. The minimum Gasteiger partial charge on any atom is -0.459 e. The number of hydrogen-bond donors (Lipinski definition) is 1. The number of anilines is 1. The molecule has 1 amide bonds. The molecule has 0 fully saturated rings. The summed E-state index contributed by atoms with van der Waals surface area (Å²) in [4.78, 5) is 23.3. The van der Waals surface area contributed by atoms with Gasteiger partial charge in [0.2, 0.25) is 0 Å². The van der Waals surface area contributed by atoms with Gasteiger partial charge >= 0.3 is 5.97 Å². The third kappa shape index (κ3) is 4.09. The SMILES string of the molecule is Cc1sc(NC(=O)C(Cl)Cl)c(C(=O)OC(C)C)c1C. The zero-order valence-corrected chi connectivity index (χ0v) is 13.4. The third-order valence-corrected chi connectivity index (χ3v) is 3.89. The molecule has 1 rings (SSSR count). The van der Waals surface area contributed by atoms with E-state index in [1.54, 1.807) is 20.8 Å². The van der Waals surface area contributed by atoms with Crippen LogP contribution in [0.3, 0.4) is 0 Å². The highest BCUT2D eigenvalue weighted by Crippen LogP contribution is 2.33. The van der Waals surface area contributed by atoms with Crippen LogP contribution in [0, 0.1) is 13.8 Å². The van der Waals surface area contributed by atoms with E-state index in [1.165, 1.54) is 11.3 Å². The standard InChI is InChI=1S/C12H15Cl2NO3S/c1-5(2)18-12(17)8-6(3)7(4)19-11(8)15-10(16)9(13)14/h5,9H,1-4H3,(H,15,16). The largest absolute Gasteiger partial charge is 0.459 e. The fraction of sp³-hybridized carbons (Fsp3) is 0.500. The average Bonchev–Trinajstić information content (AvgIpc) is 2.53. The smallest absolute Gasteiger partial charge is 0.341 e. The van der Waals surface area contributed by atoms with E-state index >= 15 is 0 Å². The van der Waals surface area contributed by atoms with Crippen LogP contribution in [0.2, 0.25) is 0 Å². The highest BCUT2D eigenvalue weighted by Gasteiger charge is 2.24. The molecule has 1 aromatic rings. The van der Waals surface area contributed by atoms with Crippen LogP contribution in [-0.2, 0) is 9.53 Å². The monoisotopic (exact) mass is 323 g/mol. The Morgan fingerprint density at radius 2 is 1.84 bits per heavy atom. The van der Waals surface area contributed by atoms with Crippen LogP contribution in [0.4, 0.5) is 5.00 Å². The highest BCUT2D eigenvalue weighted by atomic mass is 35.5. The summed E-state index contributed by atoms with van der Waals surface area (Å²) in [6.45, 7) is 7.19. The number of carbonyl (C=O) groups is 2. The molecule has 0 spiro atoms. The first-order valence-corrected chi connectivity index (χ1v) is 7.33. The molecule has 0 aromatic carbocycles. The van der Waals surface area contributed by atoms with Crippen molar-refractivity contribution in [3.63, 3.8) is 0 Å². The van der Waals surface area contributed by atoms with Crippen LogP contribution in [0.25, 0.3) is 0 Å². The molecule has 4 nitrogen and oxygen atoms in total. The lowest BCUT2D eigenvalue weighted by molar-refractivity contribution is -0.114. The second kappa shape index (κ2) is 6.59. The van der Waals surface area contributed by atoms with Gasteiger partial charge in [0, 0.05) is 4.88 Å². The molecule has 0 saturated heterocycles. The molecular formula is C12H15Cl2NO3S. The minimum atomic E-state index is -1.18. The van der Waals surface area contributed by atoms with E-state index in [-0.39, 0.29) is 6.10 Å². The van der Waals surface area contributed by atoms with Gasteiger partial charge in [0.25, 0.3) is 5.91 Å². The van der Waals surface area contributed by atoms with Crippen molar-refractivity contribution in [3.05, 3.63) is 16.0 Å². The van der Waals surface area contributed by atoms with Crippen LogP contribution >= 0.6 is 34.5 Å². The van der Waals surface area contributed by atoms with Gasteiger partial charge in [-0.2, -0.15) is 0 Å². The summed E-state index contributed by atoms with van der Waals surface area (Å²) in [5.41, 5.74) is 1.14. The second-order valence-corrected chi connectivity index (χ2v) is 6.55. The van der Waals surface area contributed by atoms with Gasteiger partial charge in [0.15, 0.2) is 4.84 Å². The summed E-state index contributed by atoms with van der Waals surface area (Å²) < 4.78 is 5.16. The zero-order chi connectivity index (χ0) is 14.7. The number of ether oxygens (including phenoxy) is 1. The lowest BCUT2D eigenvalue weighted by Gasteiger charge is -2.10. The summed E-state index contributed by atoms with van der Waals surface area (Å²) in [6.07, 6.45) is -0.232. The average molecular weight is 324 g/mol. The first kappa shape index (κ1) is 16.3. The van der Waals surface area contributed by atoms with Crippen molar-refractivity contribution in [2.24, 2.45) is 0 Å². The van der Waals surface area contributed by atoms with E-state index < -0.39 is 16.7 Å². The molecule has 0 aliphatic heterocycles. The van der Waals surface area contributed by atoms with Crippen molar-refractivity contribution in [2.45, 2.75) is 38.6 Å². The van der Waals surface area contributed by atoms with E-state index in [1.807, 2.05) is 6.92 Å². The van der Waals surface area contributed by atoms with Crippen molar-refractivity contribution in [3.8, 4) is 0 Å². The Balaban J connectivity index is 3.08. The number of esters is 1. The molecule has 0 saturated carbocycles. The Labute approximate surface area is 126 Å². The van der Waals surface area contributed by atoms with Crippen molar-refractivity contribution in [1.29, 1.82) is 0 Å². The quantitative estimate of drug-likeness (QED) is 0.679. The number of hydrogen-bond acceptors (Lipinski definition) is 4. The van der Waals surface area contributed by atoms with Crippen LogP contribution < -0.4 is 5.32 Å². The van der Waals surface area contributed by atoms with Gasteiger partial charge in [0.1, 0.15) is 5.00 Å². The van der Waals surface area contributed by atoms with Gasteiger partial charge in [-0.15, -0.1) is 11.3 Å². The zero-order valence-electron chi connectivity index (χ0n) is 11.0. The molecule has 1 heterocycles. The predicted molar refractivity (Wildman–Crippen MR) is 78.5 cm³/mol. The summed E-state index contributed by atoms with van der Waals surface area (Å²) in [6, 6.07) is 0. The Kier molecular flexibility index (Phi) is 5.64. The van der Waals surface area contributed by atoms with Crippen LogP contribution in [0.1, 0.15) is 34.6 Å². The summed E-state index contributed by atoms with van der Waals surface area (Å²) >= 11 is 12.3. The van der Waals surface area contributed by atoms with Gasteiger partial charge in [-0.05, 0) is 33.3 Å². The molecule has 19 heavy (non-hydrogen) atoms. The minimum absolute atomic E-state index is 0.232. The number of halogens is 2. The number of thiophene rings is 1. The van der Waals surface area contributed by atoms with Gasteiger partial charge in [-0.1, -0.05) is 23.2 Å². The van der Waals surface area contributed by atoms with Gasteiger partial charge in [-0.3, -0.25) is 4.79 Å². The first-order valence-electron chi connectivity index (χ1n) is 5.64. The topological polar surface area (TPSA) is 55.4 Å². The van der Waals surface area contributed by atoms with Crippen molar-refractivity contribution >= 4 is 51.4 Å². The molecule has 1 aromatic heterocycles. The third-order valence-electron chi connectivity index (χ3n) is 2.37. The fourth-order valence-corrected chi connectivity index (χ4v) is 2.56. The maximum Gasteiger partial charge on any atom is 0.341 e. The van der Waals surface area contributed by atoms with Gasteiger partial charge in [0.05, 0.1) is 11.7 Å². The van der Waals surface area contributed by atoms with Crippen molar-refractivity contribution < 1.29 is 14.3 Å². The normalized spacial score (nSPS) is 10.9. The Morgan fingerprint density at radius 3 is 2.32 bits per heavy atom. The molecule has 1 N–H and O–H groups in total. The van der Waals surface area contributed by atoms with Crippen LogP contribution in [0.5, 0.6) is 0 Å². The van der Waals surface area contributed by atoms with E-state index in [4.69, 9.17) is 27.9 Å². The van der Waals surface area contributed by atoms with Crippen molar-refractivity contribution in [1.82, 2.24) is 0 Å². The van der Waals surface area contributed by atoms with Crippen LogP contribution in [-0.4, -0.2) is 22.8 Å². The number of alkyl halides is 2. The summed E-state index contributed by atoms with van der Waals surface area (Å²) in [7, 11) is 0. The molecule has 0 bridgehead atoms. The maximum atomic E-state index is 12.0. The molecule has 0 atom stereocenters. The van der Waals surface area contributed by atoms with Crippen LogP contribution in [0.15, 0.2) is 0 Å². The van der Waals surface area contributed by atoms with E-state index in [0.29, 0.717) is 10.6 Å². The van der Waals surface area contributed by atoms with Gasteiger partial charge in [-0.25, -0.2) is 4.79 Å². The summed E-state index contributed by atoms with van der Waals surface area (Å²) in [5.74, 6) is -1.03. The first-order chi connectivity index (χ1) is 8.73. The van der Waals surface area contributed by atoms with Crippen molar-refractivity contribution in [2.75, 3.05) is 5.32 Å². The van der Waals surface area contributed by atoms with E-state index in [2.05, 4.69) is 5.32 Å². The predicted octanol–water partition coefficient (Wildman–Crippen LogP) is 3.67. The molecular weight excluding hydrogens is 309 g/mol.